The number of ether oxygens (including phenoxy) is 1. The fourth-order valence-corrected chi connectivity index (χ4v) is 2.11. The second kappa shape index (κ2) is 5.56. The molecule has 0 radical (unpaired) electrons. The first kappa shape index (κ1) is 12.5. The van der Waals surface area contributed by atoms with Crippen molar-refractivity contribution in [3.8, 4) is 0 Å². The smallest absolute Gasteiger partial charge is 0.129 e. The van der Waals surface area contributed by atoms with Crippen molar-refractivity contribution in [2.45, 2.75) is 31.8 Å². The van der Waals surface area contributed by atoms with Gasteiger partial charge in [0.2, 0.25) is 0 Å². The Morgan fingerprint density at radius 3 is 2.88 bits per heavy atom. The van der Waals surface area contributed by atoms with Crippen LogP contribution in [0.1, 0.15) is 18.9 Å². The largest absolute Gasteiger partial charge is 0.378 e. The van der Waals surface area contributed by atoms with E-state index in [2.05, 4.69) is 12.2 Å². The summed E-state index contributed by atoms with van der Waals surface area (Å²) in [5.41, 5.74) is 0.562. The van der Waals surface area contributed by atoms with E-state index in [1.54, 1.807) is 0 Å². The fraction of sp³-hybridized carbons (Fsp3) is 0.538. The van der Waals surface area contributed by atoms with Gasteiger partial charge in [-0.05, 0) is 31.4 Å². The van der Waals surface area contributed by atoms with E-state index < -0.39 is 11.6 Å². The minimum Gasteiger partial charge on any atom is -0.378 e. The zero-order chi connectivity index (χ0) is 12.3. The number of aryl methyl sites for hydroxylation is 1. The lowest BCUT2D eigenvalue weighted by Gasteiger charge is -2.29. The third-order valence-corrected chi connectivity index (χ3v) is 2.98. The van der Waals surface area contributed by atoms with Gasteiger partial charge < -0.3 is 10.1 Å². The average molecular weight is 241 g/mol. The summed E-state index contributed by atoms with van der Waals surface area (Å²) in [6.45, 7) is 3.44. The predicted molar refractivity (Wildman–Crippen MR) is 61.9 cm³/mol. The maximum absolute atomic E-state index is 13.4. The molecule has 1 N–H and O–H groups in total. The van der Waals surface area contributed by atoms with Gasteiger partial charge in [0.15, 0.2) is 0 Å². The van der Waals surface area contributed by atoms with Crippen LogP contribution in [0.2, 0.25) is 0 Å². The van der Waals surface area contributed by atoms with Gasteiger partial charge in [-0.1, -0.05) is 6.07 Å². The van der Waals surface area contributed by atoms with Crippen molar-refractivity contribution in [1.29, 1.82) is 0 Å². The van der Waals surface area contributed by atoms with Gasteiger partial charge in [0.1, 0.15) is 11.6 Å². The van der Waals surface area contributed by atoms with Crippen LogP contribution in [-0.2, 0) is 11.2 Å². The molecule has 0 saturated carbocycles. The number of morpholine rings is 1. The highest BCUT2D eigenvalue weighted by Gasteiger charge is 2.18. The standard InChI is InChI=1S/C13H17F2NO/c1-9-7-17-8-12(16-9)5-3-10-2-4-11(14)6-13(10)15/h2,4,6,9,12,16H,3,5,7-8H2,1H3. The minimum absolute atomic E-state index is 0.253. The van der Waals surface area contributed by atoms with Crippen LogP contribution >= 0.6 is 0 Å². The van der Waals surface area contributed by atoms with E-state index in [0.717, 1.165) is 19.1 Å². The van der Waals surface area contributed by atoms with E-state index in [9.17, 15) is 8.78 Å². The zero-order valence-corrected chi connectivity index (χ0v) is 9.88. The average Bonchev–Trinajstić information content (AvgIpc) is 2.28. The van der Waals surface area contributed by atoms with Gasteiger partial charge in [-0.25, -0.2) is 8.78 Å². The molecule has 2 rings (SSSR count). The summed E-state index contributed by atoms with van der Waals surface area (Å²) in [6, 6.07) is 4.34. The van der Waals surface area contributed by atoms with Crippen molar-refractivity contribution >= 4 is 0 Å². The maximum Gasteiger partial charge on any atom is 0.129 e. The number of benzene rings is 1. The molecule has 0 amide bonds. The number of rotatable bonds is 3. The maximum atomic E-state index is 13.4. The van der Waals surface area contributed by atoms with Gasteiger partial charge in [0.25, 0.3) is 0 Å². The second-order valence-electron chi connectivity index (χ2n) is 4.58. The first-order valence-corrected chi connectivity index (χ1v) is 5.93. The Morgan fingerprint density at radius 1 is 1.35 bits per heavy atom. The van der Waals surface area contributed by atoms with Crippen LogP contribution in [0.5, 0.6) is 0 Å². The van der Waals surface area contributed by atoms with Crippen LogP contribution in [0.15, 0.2) is 18.2 Å². The fourth-order valence-electron chi connectivity index (χ4n) is 2.11. The molecule has 2 atom stereocenters. The van der Waals surface area contributed by atoms with Gasteiger partial charge >= 0.3 is 0 Å². The third kappa shape index (κ3) is 3.48. The first-order valence-electron chi connectivity index (χ1n) is 5.93. The van der Waals surface area contributed by atoms with Gasteiger partial charge in [-0.3, -0.25) is 0 Å². The Morgan fingerprint density at radius 2 is 2.18 bits per heavy atom. The van der Waals surface area contributed by atoms with E-state index >= 15 is 0 Å². The highest BCUT2D eigenvalue weighted by Crippen LogP contribution is 2.14. The molecule has 17 heavy (non-hydrogen) atoms. The van der Waals surface area contributed by atoms with Crippen LogP contribution in [0.25, 0.3) is 0 Å². The molecule has 0 aromatic heterocycles. The van der Waals surface area contributed by atoms with Crippen molar-refractivity contribution in [3.05, 3.63) is 35.4 Å². The van der Waals surface area contributed by atoms with Gasteiger partial charge in [-0.2, -0.15) is 0 Å². The summed E-state index contributed by atoms with van der Waals surface area (Å²) in [4.78, 5) is 0. The monoisotopic (exact) mass is 241 g/mol. The Kier molecular flexibility index (Phi) is 4.07. The van der Waals surface area contributed by atoms with E-state index in [4.69, 9.17) is 4.74 Å². The molecule has 2 nitrogen and oxygen atoms in total. The van der Waals surface area contributed by atoms with Crippen molar-refractivity contribution < 1.29 is 13.5 Å². The van der Waals surface area contributed by atoms with Gasteiger partial charge in [-0.15, -0.1) is 0 Å². The van der Waals surface area contributed by atoms with E-state index in [0.29, 0.717) is 24.6 Å². The first-order chi connectivity index (χ1) is 8.15. The number of halogens is 2. The van der Waals surface area contributed by atoms with Crippen LogP contribution in [0.3, 0.4) is 0 Å². The molecular weight excluding hydrogens is 224 g/mol. The number of nitrogens with one attached hydrogen (secondary N) is 1. The Balaban J connectivity index is 1.88. The Bertz CT molecular complexity index is 384. The SMILES string of the molecule is CC1COCC(CCc2ccc(F)cc2F)N1. The number of hydrogen-bond acceptors (Lipinski definition) is 2. The van der Waals surface area contributed by atoms with Crippen molar-refractivity contribution in [1.82, 2.24) is 5.32 Å². The minimum atomic E-state index is -0.529. The van der Waals surface area contributed by atoms with Crippen LogP contribution in [-0.4, -0.2) is 25.3 Å². The lowest BCUT2D eigenvalue weighted by molar-refractivity contribution is 0.0482. The molecule has 1 aliphatic heterocycles. The molecular formula is C13H17F2NO. The summed E-state index contributed by atoms with van der Waals surface area (Å²) >= 11 is 0. The van der Waals surface area contributed by atoms with E-state index in [1.165, 1.54) is 12.1 Å². The molecule has 1 heterocycles. The van der Waals surface area contributed by atoms with Crippen molar-refractivity contribution in [3.63, 3.8) is 0 Å². The van der Waals surface area contributed by atoms with Gasteiger partial charge in [0.05, 0.1) is 13.2 Å². The second-order valence-corrected chi connectivity index (χ2v) is 4.58. The quantitative estimate of drug-likeness (QED) is 0.876. The molecule has 2 unspecified atom stereocenters. The summed E-state index contributed by atoms with van der Waals surface area (Å²) in [5, 5.41) is 3.40. The Hall–Kier alpha value is -1.00. The molecule has 1 aliphatic rings. The lowest BCUT2D eigenvalue weighted by Crippen LogP contribution is -2.47. The molecule has 1 fully saturated rings. The molecule has 1 saturated heterocycles. The van der Waals surface area contributed by atoms with Gasteiger partial charge in [0, 0.05) is 18.2 Å². The topological polar surface area (TPSA) is 21.3 Å². The molecule has 4 heteroatoms. The molecule has 0 spiro atoms. The summed E-state index contributed by atoms with van der Waals surface area (Å²) in [6.07, 6.45) is 1.40. The normalized spacial score (nSPS) is 24.9. The predicted octanol–water partition coefficient (Wildman–Crippen LogP) is 2.27. The van der Waals surface area contributed by atoms with E-state index in [-0.39, 0.29) is 6.04 Å². The number of hydrogen-bond donors (Lipinski definition) is 1. The molecule has 94 valence electrons. The van der Waals surface area contributed by atoms with Crippen LogP contribution in [0, 0.1) is 11.6 Å². The van der Waals surface area contributed by atoms with E-state index in [1.807, 2.05) is 0 Å². The summed E-state index contributed by atoms with van der Waals surface area (Å²) in [7, 11) is 0. The third-order valence-electron chi connectivity index (χ3n) is 2.98. The van der Waals surface area contributed by atoms with Crippen LogP contribution in [0.4, 0.5) is 8.78 Å². The molecule has 0 aliphatic carbocycles. The summed E-state index contributed by atoms with van der Waals surface area (Å²) < 4.78 is 31.5. The summed E-state index contributed by atoms with van der Waals surface area (Å²) in [5.74, 6) is -0.992. The van der Waals surface area contributed by atoms with Crippen LogP contribution < -0.4 is 5.32 Å². The molecule has 1 aromatic carbocycles. The lowest BCUT2D eigenvalue weighted by atomic mass is 10.0. The molecule has 0 bridgehead atoms. The zero-order valence-electron chi connectivity index (χ0n) is 9.88. The Labute approximate surface area is 100.0 Å². The van der Waals surface area contributed by atoms with Crippen molar-refractivity contribution in [2.75, 3.05) is 13.2 Å². The highest BCUT2D eigenvalue weighted by atomic mass is 19.1. The highest BCUT2D eigenvalue weighted by molar-refractivity contribution is 5.18. The van der Waals surface area contributed by atoms with Crippen molar-refractivity contribution in [2.24, 2.45) is 0 Å². The molecule has 1 aromatic rings.